The second-order valence-corrected chi connectivity index (χ2v) is 8.97. The second kappa shape index (κ2) is 9.07. The van der Waals surface area contributed by atoms with Crippen molar-refractivity contribution in [1.29, 1.82) is 0 Å². The van der Waals surface area contributed by atoms with E-state index in [2.05, 4.69) is 30.7 Å². The molecule has 0 spiro atoms. The highest BCUT2D eigenvalue weighted by Gasteiger charge is 2.24. The summed E-state index contributed by atoms with van der Waals surface area (Å²) in [7, 11) is 0. The van der Waals surface area contributed by atoms with E-state index < -0.39 is 0 Å². The maximum Gasteiger partial charge on any atom is 0.223 e. The predicted molar refractivity (Wildman–Crippen MR) is 107 cm³/mol. The number of hydrogen-bond acceptors (Lipinski definition) is 5. The number of carbonyl (C=O) groups is 2. The third-order valence-electron chi connectivity index (χ3n) is 5.60. The monoisotopic (exact) mass is 390 g/mol. The Kier molecular flexibility index (Phi) is 6.75. The van der Waals surface area contributed by atoms with Gasteiger partial charge in [0.2, 0.25) is 17.7 Å². The molecule has 0 saturated carbocycles. The highest BCUT2D eigenvalue weighted by molar-refractivity contribution is 5.84. The second-order valence-electron chi connectivity index (χ2n) is 8.97. The summed E-state index contributed by atoms with van der Waals surface area (Å²) < 4.78 is 5.90. The van der Waals surface area contributed by atoms with Crippen LogP contribution in [0.4, 0.5) is 0 Å². The third-order valence-corrected chi connectivity index (χ3v) is 5.60. The molecule has 0 aromatic carbocycles. The number of carbonyl (C=O) groups excluding carboxylic acids is 2. The van der Waals surface area contributed by atoms with E-state index in [0.717, 1.165) is 63.6 Å². The largest absolute Gasteiger partial charge is 0.444 e. The van der Waals surface area contributed by atoms with Crippen molar-refractivity contribution in [2.45, 2.75) is 64.8 Å². The molecule has 0 aliphatic carbocycles. The van der Waals surface area contributed by atoms with Crippen LogP contribution in [-0.4, -0.2) is 70.8 Å². The van der Waals surface area contributed by atoms with Crippen LogP contribution in [0.3, 0.4) is 0 Å². The first-order valence-electron chi connectivity index (χ1n) is 10.6. The van der Waals surface area contributed by atoms with E-state index in [4.69, 9.17) is 4.42 Å². The minimum atomic E-state index is -0.0419. The molecule has 2 aliphatic rings. The Morgan fingerprint density at radius 3 is 2.14 bits per heavy atom. The van der Waals surface area contributed by atoms with Crippen LogP contribution in [-0.2, 0) is 21.5 Å². The predicted octanol–water partition coefficient (Wildman–Crippen LogP) is 2.41. The number of nitrogens with zero attached hydrogens (tertiary/aromatic N) is 4. The molecule has 0 atom stereocenters. The molecule has 156 valence electrons. The molecule has 3 rings (SSSR count). The summed E-state index contributed by atoms with van der Waals surface area (Å²) in [4.78, 5) is 35.2. The molecular weight excluding hydrogens is 356 g/mol. The molecule has 0 bridgehead atoms. The van der Waals surface area contributed by atoms with Gasteiger partial charge in [-0.15, -0.1) is 0 Å². The van der Waals surface area contributed by atoms with Crippen LogP contribution < -0.4 is 0 Å². The summed E-state index contributed by atoms with van der Waals surface area (Å²) in [5.74, 6) is 1.86. The molecule has 28 heavy (non-hydrogen) atoms. The van der Waals surface area contributed by atoms with E-state index in [1.54, 1.807) is 0 Å². The van der Waals surface area contributed by atoms with Gasteiger partial charge in [-0.05, 0) is 19.3 Å². The SMILES string of the molecule is CC(C)(C)c1cnc(CN2CCCN(C(=O)CCC(=O)N3CCCC3)CC2)o1. The summed E-state index contributed by atoms with van der Waals surface area (Å²) in [5.41, 5.74) is -0.0419. The molecule has 1 aromatic rings. The molecule has 2 saturated heterocycles. The van der Waals surface area contributed by atoms with Gasteiger partial charge in [0.25, 0.3) is 0 Å². The van der Waals surface area contributed by atoms with Crippen molar-refractivity contribution in [3.05, 3.63) is 17.8 Å². The molecule has 0 unspecified atom stereocenters. The lowest BCUT2D eigenvalue weighted by atomic mass is 9.94. The van der Waals surface area contributed by atoms with Gasteiger partial charge in [0.05, 0.1) is 12.7 Å². The van der Waals surface area contributed by atoms with Crippen LogP contribution in [0.25, 0.3) is 0 Å². The lowest BCUT2D eigenvalue weighted by molar-refractivity contribution is -0.136. The van der Waals surface area contributed by atoms with E-state index in [1.807, 2.05) is 16.0 Å². The quantitative estimate of drug-likeness (QED) is 0.772. The average Bonchev–Trinajstić information content (AvgIpc) is 3.28. The lowest BCUT2D eigenvalue weighted by Gasteiger charge is -2.22. The van der Waals surface area contributed by atoms with Crippen molar-refractivity contribution in [2.24, 2.45) is 0 Å². The first-order valence-corrected chi connectivity index (χ1v) is 10.6. The van der Waals surface area contributed by atoms with Gasteiger partial charge in [-0.25, -0.2) is 4.98 Å². The number of oxazole rings is 1. The molecule has 7 heteroatoms. The van der Waals surface area contributed by atoms with E-state index in [9.17, 15) is 9.59 Å². The normalized spacial score (nSPS) is 19.1. The fourth-order valence-electron chi connectivity index (χ4n) is 3.80. The highest BCUT2D eigenvalue weighted by Crippen LogP contribution is 2.23. The first-order chi connectivity index (χ1) is 13.3. The van der Waals surface area contributed by atoms with Gasteiger partial charge in [-0.1, -0.05) is 20.8 Å². The standard InChI is InChI=1S/C21H34N4O3/c1-21(2,3)17-15-22-18(28-17)16-23-9-6-12-25(14-13-23)20(27)8-7-19(26)24-10-4-5-11-24/h15H,4-14,16H2,1-3H3. The fourth-order valence-corrected chi connectivity index (χ4v) is 3.80. The van der Waals surface area contributed by atoms with Crippen LogP contribution >= 0.6 is 0 Å². The number of likely N-dealkylation sites (tertiary alicyclic amines) is 1. The zero-order valence-electron chi connectivity index (χ0n) is 17.6. The zero-order valence-corrected chi connectivity index (χ0v) is 17.6. The summed E-state index contributed by atoms with van der Waals surface area (Å²) in [6, 6.07) is 0. The highest BCUT2D eigenvalue weighted by atomic mass is 16.4. The van der Waals surface area contributed by atoms with Crippen molar-refractivity contribution in [3.63, 3.8) is 0 Å². The van der Waals surface area contributed by atoms with Crippen molar-refractivity contribution < 1.29 is 14.0 Å². The van der Waals surface area contributed by atoms with Gasteiger partial charge in [-0.3, -0.25) is 14.5 Å². The minimum Gasteiger partial charge on any atom is -0.444 e. The molecule has 2 amide bonds. The van der Waals surface area contributed by atoms with Crippen LogP contribution in [0.15, 0.2) is 10.6 Å². The van der Waals surface area contributed by atoms with Crippen LogP contribution in [0.5, 0.6) is 0 Å². The Morgan fingerprint density at radius 2 is 1.54 bits per heavy atom. The smallest absolute Gasteiger partial charge is 0.223 e. The molecule has 3 heterocycles. The topological polar surface area (TPSA) is 69.9 Å². The molecule has 7 nitrogen and oxygen atoms in total. The van der Waals surface area contributed by atoms with E-state index in [1.165, 1.54) is 0 Å². The third kappa shape index (κ3) is 5.56. The maximum atomic E-state index is 12.6. The molecule has 2 fully saturated rings. The van der Waals surface area contributed by atoms with Crippen LogP contribution in [0.1, 0.15) is 64.5 Å². The zero-order chi connectivity index (χ0) is 20.1. The van der Waals surface area contributed by atoms with Gasteiger partial charge in [-0.2, -0.15) is 0 Å². The maximum absolute atomic E-state index is 12.6. The van der Waals surface area contributed by atoms with Gasteiger partial charge < -0.3 is 14.2 Å². The number of hydrogen-bond donors (Lipinski definition) is 0. The molecule has 1 aromatic heterocycles. The first kappa shape index (κ1) is 20.8. The fraction of sp³-hybridized carbons (Fsp3) is 0.762. The number of aromatic nitrogens is 1. The lowest BCUT2D eigenvalue weighted by Crippen LogP contribution is -2.36. The van der Waals surface area contributed by atoms with Gasteiger partial charge >= 0.3 is 0 Å². The minimum absolute atomic E-state index is 0.0419. The summed E-state index contributed by atoms with van der Waals surface area (Å²) in [6.45, 7) is 11.9. The van der Waals surface area contributed by atoms with Crippen molar-refractivity contribution >= 4 is 11.8 Å². The Hall–Kier alpha value is -1.89. The van der Waals surface area contributed by atoms with Gasteiger partial charge in [0.15, 0.2) is 0 Å². The van der Waals surface area contributed by atoms with Crippen molar-refractivity contribution in [2.75, 3.05) is 39.3 Å². The number of rotatable bonds is 5. The Bertz CT molecular complexity index is 673. The number of amides is 2. The molecular formula is C21H34N4O3. The summed E-state index contributed by atoms with van der Waals surface area (Å²) in [6.07, 6.45) is 5.58. The Morgan fingerprint density at radius 1 is 0.929 bits per heavy atom. The Balaban J connectivity index is 1.44. The summed E-state index contributed by atoms with van der Waals surface area (Å²) in [5, 5.41) is 0. The van der Waals surface area contributed by atoms with Gasteiger partial charge in [0, 0.05) is 57.5 Å². The van der Waals surface area contributed by atoms with Gasteiger partial charge in [0.1, 0.15) is 5.76 Å². The van der Waals surface area contributed by atoms with E-state index in [-0.39, 0.29) is 17.2 Å². The van der Waals surface area contributed by atoms with Crippen LogP contribution in [0, 0.1) is 0 Å². The average molecular weight is 391 g/mol. The molecule has 2 aliphatic heterocycles. The molecule has 0 N–H and O–H groups in total. The molecule has 0 radical (unpaired) electrons. The van der Waals surface area contributed by atoms with E-state index in [0.29, 0.717) is 25.9 Å². The van der Waals surface area contributed by atoms with Crippen molar-refractivity contribution in [3.8, 4) is 0 Å². The van der Waals surface area contributed by atoms with Crippen LogP contribution in [0.2, 0.25) is 0 Å². The van der Waals surface area contributed by atoms with E-state index >= 15 is 0 Å². The summed E-state index contributed by atoms with van der Waals surface area (Å²) >= 11 is 0. The van der Waals surface area contributed by atoms with Crippen molar-refractivity contribution in [1.82, 2.24) is 19.7 Å². The Labute approximate surface area is 168 Å².